The highest BCUT2D eigenvalue weighted by Gasteiger charge is 2.15. The summed E-state index contributed by atoms with van der Waals surface area (Å²) >= 11 is 0. The van der Waals surface area contributed by atoms with Gasteiger partial charge in [0.05, 0.1) is 25.3 Å². The Hall–Kier alpha value is -3.12. The number of fused-ring (bicyclic) bond motifs is 5. The molecule has 0 saturated heterocycles. The smallest absolute Gasteiger partial charge is 0.161 e. The molecule has 0 aliphatic carbocycles. The summed E-state index contributed by atoms with van der Waals surface area (Å²) in [5, 5.41) is 7.74. The molecule has 1 N–H and O–H groups in total. The van der Waals surface area contributed by atoms with Crippen LogP contribution in [0.25, 0.3) is 32.6 Å². The number of aromatic nitrogens is 2. The molecule has 6 nitrogen and oxygen atoms in total. The molecule has 0 saturated carbocycles. The molecule has 0 amide bonds. The first kappa shape index (κ1) is 19.2. The molecule has 0 aliphatic rings. The molecular weight excluding hydrogens is 364 g/mol. The molecule has 4 rings (SSSR count). The van der Waals surface area contributed by atoms with Crippen molar-refractivity contribution in [2.45, 2.75) is 6.42 Å². The van der Waals surface area contributed by atoms with E-state index < -0.39 is 0 Å². The summed E-state index contributed by atoms with van der Waals surface area (Å²) in [6, 6.07) is 12.2. The third kappa shape index (κ3) is 3.63. The minimum absolute atomic E-state index is 0.694. The van der Waals surface area contributed by atoms with Gasteiger partial charge in [-0.2, -0.15) is 0 Å². The fraction of sp³-hybridized carbons (Fsp3) is 0.304. The van der Waals surface area contributed by atoms with Crippen molar-refractivity contribution in [3.63, 3.8) is 0 Å². The molecule has 4 aromatic rings. The van der Waals surface area contributed by atoms with Gasteiger partial charge >= 0.3 is 0 Å². The fourth-order valence-electron chi connectivity index (χ4n) is 3.68. The van der Waals surface area contributed by atoms with Crippen LogP contribution in [0.2, 0.25) is 0 Å². The Labute approximate surface area is 170 Å². The molecule has 2 heterocycles. The molecule has 150 valence electrons. The van der Waals surface area contributed by atoms with E-state index in [2.05, 4.69) is 41.4 Å². The van der Waals surface area contributed by atoms with Crippen LogP contribution in [0.4, 0.5) is 5.82 Å². The van der Waals surface area contributed by atoms with Crippen LogP contribution in [0.5, 0.6) is 11.5 Å². The number of nitrogens with one attached hydrogen (secondary N) is 1. The number of pyridine rings is 2. The van der Waals surface area contributed by atoms with Gasteiger partial charge in [0.15, 0.2) is 11.5 Å². The second kappa shape index (κ2) is 8.09. The van der Waals surface area contributed by atoms with Gasteiger partial charge in [0.2, 0.25) is 0 Å². The average Bonchev–Trinajstić information content (AvgIpc) is 2.75. The third-order valence-electron chi connectivity index (χ3n) is 5.12. The number of hydrogen-bond donors (Lipinski definition) is 1. The molecule has 0 fully saturated rings. The highest BCUT2D eigenvalue weighted by atomic mass is 16.5. The largest absolute Gasteiger partial charge is 0.493 e. The Kier molecular flexibility index (Phi) is 5.36. The summed E-state index contributed by atoms with van der Waals surface area (Å²) in [5.74, 6) is 2.25. The summed E-state index contributed by atoms with van der Waals surface area (Å²) in [7, 11) is 7.48. The molecule has 6 heteroatoms. The van der Waals surface area contributed by atoms with Gasteiger partial charge in [0.1, 0.15) is 5.82 Å². The summed E-state index contributed by atoms with van der Waals surface area (Å²) in [4.78, 5) is 11.7. The van der Waals surface area contributed by atoms with Crippen molar-refractivity contribution in [3.8, 4) is 11.5 Å². The van der Waals surface area contributed by atoms with Crippen LogP contribution in [0.1, 0.15) is 6.42 Å². The number of benzene rings is 2. The minimum Gasteiger partial charge on any atom is -0.493 e. The van der Waals surface area contributed by atoms with Crippen molar-refractivity contribution < 1.29 is 9.47 Å². The van der Waals surface area contributed by atoms with E-state index in [1.807, 2.05) is 30.5 Å². The zero-order chi connectivity index (χ0) is 20.4. The van der Waals surface area contributed by atoms with Crippen molar-refractivity contribution in [3.05, 3.63) is 42.6 Å². The van der Waals surface area contributed by atoms with Crippen LogP contribution in [-0.2, 0) is 0 Å². The lowest BCUT2D eigenvalue weighted by Crippen LogP contribution is -2.16. The molecule has 0 spiro atoms. The lowest BCUT2D eigenvalue weighted by Gasteiger charge is -2.16. The molecule has 0 radical (unpaired) electrons. The number of rotatable bonds is 7. The normalized spacial score (nSPS) is 11.5. The Morgan fingerprint density at radius 3 is 2.41 bits per heavy atom. The van der Waals surface area contributed by atoms with Gasteiger partial charge in [-0.25, -0.2) is 4.98 Å². The molecule has 2 aromatic carbocycles. The second-order valence-electron chi connectivity index (χ2n) is 7.33. The molecule has 2 aromatic heterocycles. The SMILES string of the molecule is COc1cc2c(NCCCN(C)C)nc3c4cccnc4ccc3c2cc1OC. The first-order valence-electron chi connectivity index (χ1n) is 9.74. The summed E-state index contributed by atoms with van der Waals surface area (Å²) in [6.07, 6.45) is 2.84. The predicted octanol–water partition coefficient (Wildman–Crippen LogP) is 4.32. The Balaban J connectivity index is 1.94. The summed E-state index contributed by atoms with van der Waals surface area (Å²) in [6.45, 7) is 1.85. The third-order valence-corrected chi connectivity index (χ3v) is 5.12. The summed E-state index contributed by atoms with van der Waals surface area (Å²) < 4.78 is 11.1. The van der Waals surface area contributed by atoms with Crippen LogP contribution in [-0.4, -0.2) is 56.3 Å². The maximum Gasteiger partial charge on any atom is 0.161 e. The van der Waals surface area contributed by atoms with Gasteiger partial charge in [0, 0.05) is 28.9 Å². The molecule has 0 unspecified atom stereocenters. The van der Waals surface area contributed by atoms with E-state index in [0.29, 0.717) is 11.5 Å². The maximum atomic E-state index is 5.56. The Morgan fingerprint density at radius 1 is 0.931 bits per heavy atom. The monoisotopic (exact) mass is 390 g/mol. The quantitative estimate of drug-likeness (QED) is 0.375. The minimum atomic E-state index is 0.694. The van der Waals surface area contributed by atoms with Crippen molar-refractivity contribution in [1.82, 2.24) is 14.9 Å². The van der Waals surface area contributed by atoms with Crippen LogP contribution in [0.15, 0.2) is 42.6 Å². The van der Waals surface area contributed by atoms with Crippen LogP contribution in [0, 0.1) is 0 Å². The van der Waals surface area contributed by atoms with Crippen molar-refractivity contribution in [2.75, 3.05) is 46.7 Å². The van der Waals surface area contributed by atoms with Crippen LogP contribution in [0.3, 0.4) is 0 Å². The van der Waals surface area contributed by atoms with E-state index in [1.165, 1.54) is 0 Å². The zero-order valence-electron chi connectivity index (χ0n) is 17.3. The number of hydrogen-bond acceptors (Lipinski definition) is 6. The zero-order valence-corrected chi connectivity index (χ0v) is 17.3. The van der Waals surface area contributed by atoms with E-state index in [1.54, 1.807) is 14.2 Å². The van der Waals surface area contributed by atoms with Gasteiger partial charge in [-0.1, -0.05) is 0 Å². The average molecular weight is 390 g/mol. The molecule has 0 aliphatic heterocycles. The van der Waals surface area contributed by atoms with E-state index in [-0.39, 0.29) is 0 Å². The Morgan fingerprint density at radius 2 is 1.69 bits per heavy atom. The number of nitrogens with zero attached hydrogens (tertiary/aromatic N) is 3. The van der Waals surface area contributed by atoms with Crippen molar-refractivity contribution in [1.29, 1.82) is 0 Å². The van der Waals surface area contributed by atoms with E-state index in [4.69, 9.17) is 14.5 Å². The number of ether oxygens (including phenoxy) is 2. The highest BCUT2D eigenvalue weighted by Crippen LogP contribution is 2.39. The lowest BCUT2D eigenvalue weighted by molar-refractivity contribution is 0.356. The number of anilines is 1. The predicted molar refractivity (Wildman–Crippen MR) is 119 cm³/mol. The topological polar surface area (TPSA) is 59.5 Å². The van der Waals surface area contributed by atoms with E-state index >= 15 is 0 Å². The van der Waals surface area contributed by atoms with Gasteiger partial charge in [-0.05, 0) is 68.8 Å². The number of methoxy groups -OCH3 is 2. The van der Waals surface area contributed by atoms with Crippen LogP contribution >= 0.6 is 0 Å². The fourth-order valence-corrected chi connectivity index (χ4v) is 3.68. The van der Waals surface area contributed by atoms with Crippen molar-refractivity contribution >= 4 is 38.4 Å². The highest BCUT2D eigenvalue weighted by molar-refractivity contribution is 6.17. The standard InChI is InChI=1S/C23H26N4O2/c1-27(2)12-6-11-25-23-18-14-21(29-4)20(28-3)13-17(18)15-8-9-19-16(22(15)26-23)7-5-10-24-19/h5,7-10,13-14H,6,11-12H2,1-4H3,(H,25,26). The molecule has 0 bridgehead atoms. The van der Waals surface area contributed by atoms with E-state index in [0.717, 1.165) is 57.9 Å². The maximum absolute atomic E-state index is 5.56. The van der Waals surface area contributed by atoms with Crippen molar-refractivity contribution in [2.24, 2.45) is 0 Å². The molecular formula is C23H26N4O2. The van der Waals surface area contributed by atoms with E-state index in [9.17, 15) is 0 Å². The van der Waals surface area contributed by atoms with Gasteiger partial charge in [-0.15, -0.1) is 0 Å². The Bertz CT molecular complexity index is 1170. The first-order chi connectivity index (χ1) is 14.1. The lowest BCUT2D eigenvalue weighted by atomic mass is 10.0. The van der Waals surface area contributed by atoms with Gasteiger partial charge in [0.25, 0.3) is 0 Å². The first-order valence-corrected chi connectivity index (χ1v) is 9.74. The second-order valence-corrected chi connectivity index (χ2v) is 7.33. The van der Waals surface area contributed by atoms with Gasteiger partial charge < -0.3 is 19.7 Å². The summed E-state index contributed by atoms with van der Waals surface area (Å²) in [5.41, 5.74) is 1.87. The van der Waals surface area contributed by atoms with Gasteiger partial charge in [-0.3, -0.25) is 4.98 Å². The molecule has 29 heavy (non-hydrogen) atoms. The molecule has 0 atom stereocenters. The van der Waals surface area contributed by atoms with Crippen LogP contribution < -0.4 is 14.8 Å².